The molecule has 1 aromatic carbocycles. The van der Waals surface area contributed by atoms with Gasteiger partial charge in [-0.25, -0.2) is 15.0 Å². The summed E-state index contributed by atoms with van der Waals surface area (Å²) in [6.07, 6.45) is 10.2. The molecule has 5 rings (SSSR count). The van der Waals surface area contributed by atoms with Gasteiger partial charge in [0.15, 0.2) is 0 Å². The Kier molecular flexibility index (Phi) is 7.22. The quantitative estimate of drug-likeness (QED) is 0.309. The van der Waals surface area contributed by atoms with Crippen LogP contribution < -0.4 is 0 Å². The molecule has 3 heterocycles. The van der Waals surface area contributed by atoms with Crippen LogP contribution in [0, 0.1) is 12.8 Å². The Morgan fingerprint density at radius 2 is 1.73 bits per heavy atom. The van der Waals surface area contributed by atoms with Crippen LogP contribution in [0.2, 0.25) is 0 Å². The predicted molar refractivity (Wildman–Crippen MR) is 137 cm³/mol. The summed E-state index contributed by atoms with van der Waals surface area (Å²) in [5.74, 6) is 2.18. The highest BCUT2D eigenvalue weighted by Crippen LogP contribution is 2.38. The van der Waals surface area contributed by atoms with Crippen molar-refractivity contribution in [2.45, 2.75) is 72.6 Å². The van der Waals surface area contributed by atoms with Gasteiger partial charge in [0.05, 0.1) is 17.1 Å². The SMILES string of the molecule is CCC.CCc1ccn2c(-c3ccnc(C(C)CC4CC4)n3)c(-c3ccc(C)cc3)nc2c1. The Balaban J connectivity index is 0.000000821. The molecule has 33 heavy (non-hydrogen) atoms. The summed E-state index contributed by atoms with van der Waals surface area (Å²) >= 11 is 0. The molecule has 0 aliphatic heterocycles. The topological polar surface area (TPSA) is 43.1 Å². The maximum atomic E-state index is 5.03. The Bertz CT molecular complexity index is 1200. The molecule has 0 N–H and O–H groups in total. The maximum Gasteiger partial charge on any atom is 0.138 e. The van der Waals surface area contributed by atoms with E-state index in [0.29, 0.717) is 5.92 Å². The fourth-order valence-corrected chi connectivity index (χ4v) is 4.17. The van der Waals surface area contributed by atoms with E-state index in [2.05, 4.69) is 86.6 Å². The van der Waals surface area contributed by atoms with Gasteiger partial charge in [-0.3, -0.25) is 4.40 Å². The summed E-state index contributed by atoms with van der Waals surface area (Å²) in [4.78, 5) is 14.7. The molecule has 4 aromatic rings. The van der Waals surface area contributed by atoms with Gasteiger partial charge >= 0.3 is 0 Å². The molecule has 0 bridgehead atoms. The van der Waals surface area contributed by atoms with Gasteiger partial charge in [0.1, 0.15) is 11.5 Å². The molecule has 1 unspecified atom stereocenters. The lowest BCUT2D eigenvalue weighted by Crippen LogP contribution is -2.03. The Morgan fingerprint density at radius 3 is 2.39 bits per heavy atom. The summed E-state index contributed by atoms with van der Waals surface area (Å²) in [5, 5.41) is 0. The van der Waals surface area contributed by atoms with Crippen LogP contribution in [0.3, 0.4) is 0 Å². The van der Waals surface area contributed by atoms with Crippen molar-refractivity contribution in [1.82, 2.24) is 19.4 Å². The summed E-state index contributed by atoms with van der Waals surface area (Å²) in [5.41, 5.74) is 7.57. The predicted octanol–water partition coefficient (Wildman–Crippen LogP) is 7.65. The molecular formula is C29H36N4. The van der Waals surface area contributed by atoms with E-state index in [9.17, 15) is 0 Å². The van der Waals surface area contributed by atoms with Gasteiger partial charge in [-0.1, -0.05) is 76.8 Å². The van der Waals surface area contributed by atoms with Crippen molar-refractivity contribution in [3.63, 3.8) is 0 Å². The normalized spacial score (nSPS) is 14.1. The fourth-order valence-electron chi connectivity index (χ4n) is 4.17. The number of imidazole rings is 1. The smallest absolute Gasteiger partial charge is 0.138 e. The first-order valence-electron chi connectivity index (χ1n) is 12.4. The van der Waals surface area contributed by atoms with Gasteiger partial charge < -0.3 is 0 Å². The molecule has 1 saturated carbocycles. The summed E-state index contributed by atoms with van der Waals surface area (Å²) in [6.45, 7) is 10.8. The van der Waals surface area contributed by atoms with E-state index in [0.717, 1.165) is 46.5 Å². The third-order valence-electron chi connectivity index (χ3n) is 6.17. The highest BCUT2D eigenvalue weighted by Gasteiger charge is 2.26. The highest BCUT2D eigenvalue weighted by molar-refractivity contribution is 5.80. The molecule has 3 aromatic heterocycles. The molecule has 1 fully saturated rings. The molecule has 0 spiro atoms. The van der Waals surface area contributed by atoms with E-state index in [1.165, 1.54) is 36.8 Å². The Labute approximate surface area is 198 Å². The van der Waals surface area contributed by atoms with Gasteiger partial charge in [0, 0.05) is 23.9 Å². The minimum absolute atomic E-state index is 0.381. The third kappa shape index (κ3) is 5.32. The second-order valence-electron chi connectivity index (χ2n) is 9.38. The molecular weight excluding hydrogens is 404 g/mol. The largest absolute Gasteiger partial charge is 0.298 e. The number of benzene rings is 1. The first kappa shape index (κ1) is 23.2. The molecule has 0 amide bonds. The van der Waals surface area contributed by atoms with Crippen molar-refractivity contribution in [1.29, 1.82) is 0 Å². The van der Waals surface area contributed by atoms with Crippen LogP contribution in [0.25, 0.3) is 28.3 Å². The molecule has 0 radical (unpaired) electrons. The minimum atomic E-state index is 0.381. The zero-order valence-electron chi connectivity index (χ0n) is 20.7. The molecule has 0 saturated heterocycles. The zero-order chi connectivity index (χ0) is 23.4. The van der Waals surface area contributed by atoms with Crippen LogP contribution >= 0.6 is 0 Å². The number of hydrogen-bond acceptors (Lipinski definition) is 3. The second-order valence-corrected chi connectivity index (χ2v) is 9.38. The van der Waals surface area contributed by atoms with Crippen molar-refractivity contribution in [2.24, 2.45) is 5.92 Å². The molecule has 172 valence electrons. The fraction of sp³-hybridized carbons (Fsp3) is 0.414. The summed E-state index contributed by atoms with van der Waals surface area (Å²) in [7, 11) is 0. The lowest BCUT2D eigenvalue weighted by molar-refractivity contribution is 0.589. The summed E-state index contributed by atoms with van der Waals surface area (Å²) < 4.78 is 2.17. The van der Waals surface area contributed by atoms with Crippen molar-refractivity contribution >= 4 is 5.65 Å². The lowest BCUT2D eigenvalue weighted by Gasteiger charge is -2.11. The van der Waals surface area contributed by atoms with Crippen LogP contribution in [-0.2, 0) is 6.42 Å². The standard InChI is InChI=1S/C26H28N4.C3H8/c1-4-19-12-14-30-23(16-19)29-24(21-9-5-17(2)6-10-21)25(30)22-11-13-27-26(28-22)18(3)15-20-7-8-20;1-3-2/h5-6,9-14,16,18,20H,4,7-8,15H2,1-3H3;3H2,1-2H3. The van der Waals surface area contributed by atoms with Gasteiger partial charge in [0.25, 0.3) is 0 Å². The van der Waals surface area contributed by atoms with Gasteiger partial charge in [0.2, 0.25) is 0 Å². The van der Waals surface area contributed by atoms with Gasteiger partial charge in [-0.15, -0.1) is 0 Å². The van der Waals surface area contributed by atoms with E-state index in [-0.39, 0.29) is 0 Å². The molecule has 1 aliphatic rings. The minimum Gasteiger partial charge on any atom is -0.298 e. The first-order valence-corrected chi connectivity index (χ1v) is 12.4. The van der Waals surface area contributed by atoms with E-state index in [4.69, 9.17) is 9.97 Å². The number of nitrogens with zero attached hydrogens (tertiary/aromatic N) is 4. The Morgan fingerprint density at radius 1 is 1.00 bits per heavy atom. The molecule has 1 atom stereocenters. The second kappa shape index (κ2) is 10.3. The van der Waals surface area contributed by atoms with Crippen LogP contribution in [0.4, 0.5) is 0 Å². The van der Waals surface area contributed by atoms with E-state index < -0.39 is 0 Å². The first-order chi connectivity index (χ1) is 16.0. The number of hydrogen-bond donors (Lipinski definition) is 0. The Hall–Kier alpha value is -3.01. The van der Waals surface area contributed by atoms with E-state index in [1.807, 2.05) is 12.3 Å². The van der Waals surface area contributed by atoms with Crippen molar-refractivity contribution in [3.05, 3.63) is 71.8 Å². The van der Waals surface area contributed by atoms with Crippen molar-refractivity contribution in [2.75, 3.05) is 0 Å². The van der Waals surface area contributed by atoms with Crippen LogP contribution in [-0.4, -0.2) is 19.4 Å². The zero-order valence-corrected chi connectivity index (χ0v) is 20.7. The monoisotopic (exact) mass is 440 g/mol. The summed E-state index contributed by atoms with van der Waals surface area (Å²) in [6, 6.07) is 15.0. The average Bonchev–Trinajstić information content (AvgIpc) is 3.56. The molecule has 4 nitrogen and oxygen atoms in total. The maximum absolute atomic E-state index is 5.03. The van der Waals surface area contributed by atoms with Crippen LogP contribution in [0.5, 0.6) is 0 Å². The number of pyridine rings is 1. The highest BCUT2D eigenvalue weighted by atomic mass is 15.0. The van der Waals surface area contributed by atoms with Crippen LogP contribution in [0.15, 0.2) is 54.9 Å². The van der Waals surface area contributed by atoms with E-state index >= 15 is 0 Å². The van der Waals surface area contributed by atoms with Crippen molar-refractivity contribution in [3.8, 4) is 22.6 Å². The van der Waals surface area contributed by atoms with E-state index in [1.54, 1.807) is 0 Å². The number of fused-ring (bicyclic) bond motifs is 1. The van der Waals surface area contributed by atoms with Gasteiger partial charge in [-0.05, 0) is 49.4 Å². The number of aromatic nitrogens is 4. The molecule has 1 aliphatic carbocycles. The average molecular weight is 441 g/mol. The van der Waals surface area contributed by atoms with Crippen LogP contribution in [0.1, 0.15) is 76.2 Å². The van der Waals surface area contributed by atoms with Crippen molar-refractivity contribution < 1.29 is 0 Å². The molecule has 4 heteroatoms. The third-order valence-corrected chi connectivity index (χ3v) is 6.17. The van der Waals surface area contributed by atoms with Gasteiger partial charge in [-0.2, -0.15) is 0 Å². The number of rotatable bonds is 6. The number of aryl methyl sites for hydroxylation is 2. The lowest BCUT2D eigenvalue weighted by atomic mass is 10.0.